The lowest BCUT2D eigenvalue weighted by Gasteiger charge is -2.06. The summed E-state index contributed by atoms with van der Waals surface area (Å²) < 4.78 is 5.58. The number of furan rings is 1. The number of anilines is 1. The lowest BCUT2D eigenvalue weighted by molar-refractivity contribution is -0.384. The van der Waals surface area contributed by atoms with Gasteiger partial charge in [0.15, 0.2) is 0 Å². The van der Waals surface area contributed by atoms with Crippen LogP contribution in [0.5, 0.6) is 0 Å². The van der Waals surface area contributed by atoms with Crippen LogP contribution in [0, 0.1) is 10.1 Å². The predicted molar refractivity (Wildman–Crippen MR) is 110 cm³/mol. The van der Waals surface area contributed by atoms with Gasteiger partial charge in [0.1, 0.15) is 11.5 Å². The molecule has 0 saturated carbocycles. The molecular formula is C19H11Cl3N2O4. The quantitative estimate of drug-likeness (QED) is 0.215. The molecule has 9 heteroatoms. The maximum absolute atomic E-state index is 12.1. The number of carbonyl (C=O) groups is 1. The van der Waals surface area contributed by atoms with Crippen molar-refractivity contribution in [1.29, 1.82) is 0 Å². The van der Waals surface area contributed by atoms with Gasteiger partial charge >= 0.3 is 0 Å². The van der Waals surface area contributed by atoms with E-state index in [0.717, 1.165) is 0 Å². The molecule has 1 heterocycles. The Balaban J connectivity index is 1.75. The van der Waals surface area contributed by atoms with Gasteiger partial charge < -0.3 is 9.73 Å². The number of hydrogen-bond donors (Lipinski definition) is 1. The molecule has 1 N–H and O–H groups in total. The molecule has 0 aliphatic carbocycles. The summed E-state index contributed by atoms with van der Waals surface area (Å²) in [6, 6.07) is 12.3. The van der Waals surface area contributed by atoms with Gasteiger partial charge in [-0.15, -0.1) is 0 Å². The Morgan fingerprint density at radius 2 is 1.75 bits per heavy atom. The van der Waals surface area contributed by atoms with Crippen molar-refractivity contribution in [3.05, 3.63) is 85.5 Å². The molecule has 0 aliphatic heterocycles. The minimum atomic E-state index is -0.484. The van der Waals surface area contributed by atoms with E-state index in [2.05, 4.69) is 5.32 Å². The second-order valence-electron chi connectivity index (χ2n) is 5.55. The maximum Gasteiger partial charge on any atom is 0.280 e. The zero-order valence-electron chi connectivity index (χ0n) is 14.0. The van der Waals surface area contributed by atoms with E-state index < -0.39 is 10.8 Å². The fourth-order valence-electron chi connectivity index (χ4n) is 2.38. The van der Waals surface area contributed by atoms with Crippen molar-refractivity contribution in [3.63, 3.8) is 0 Å². The Bertz CT molecular complexity index is 1090. The second kappa shape index (κ2) is 8.48. The monoisotopic (exact) mass is 436 g/mol. The zero-order chi connectivity index (χ0) is 20.3. The average molecular weight is 438 g/mol. The van der Waals surface area contributed by atoms with E-state index in [4.69, 9.17) is 39.2 Å². The molecule has 0 radical (unpaired) electrons. The van der Waals surface area contributed by atoms with Crippen LogP contribution in [0.1, 0.15) is 5.76 Å². The standard InChI is InChI=1S/C19H11Cl3N2O4/c20-13-9-15(22)16(10-14(13)21)23-19(25)8-6-11-5-7-18(28-11)12-3-1-2-4-17(12)24(26)27/h1-10H,(H,23,25)/b8-6+. The van der Waals surface area contributed by atoms with Crippen molar-refractivity contribution in [2.24, 2.45) is 0 Å². The maximum atomic E-state index is 12.1. The molecule has 3 aromatic rings. The first-order valence-electron chi connectivity index (χ1n) is 7.82. The summed E-state index contributed by atoms with van der Waals surface area (Å²) in [5, 5.41) is 14.5. The number of amides is 1. The topological polar surface area (TPSA) is 85.4 Å². The number of halogens is 3. The van der Waals surface area contributed by atoms with Crippen LogP contribution in [0.15, 0.2) is 59.0 Å². The van der Waals surface area contributed by atoms with Crippen molar-refractivity contribution >= 4 is 58.2 Å². The molecule has 0 bridgehead atoms. The van der Waals surface area contributed by atoms with Crippen LogP contribution in [-0.4, -0.2) is 10.8 Å². The average Bonchev–Trinajstić information content (AvgIpc) is 3.13. The van der Waals surface area contributed by atoms with Gasteiger partial charge in [0.25, 0.3) is 5.69 Å². The summed E-state index contributed by atoms with van der Waals surface area (Å²) in [6.07, 6.45) is 2.67. The fourth-order valence-corrected chi connectivity index (χ4v) is 2.97. The molecule has 2 aromatic carbocycles. The van der Waals surface area contributed by atoms with E-state index in [9.17, 15) is 14.9 Å². The molecule has 6 nitrogen and oxygen atoms in total. The molecule has 0 aliphatic rings. The molecule has 0 fully saturated rings. The number of benzene rings is 2. The third-order valence-electron chi connectivity index (χ3n) is 3.66. The van der Waals surface area contributed by atoms with E-state index in [1.807, 2.05) is 0 Å². The highest BCUT2D eigenvalue weighted by atomic mass is 35.5. The van der Waals surface area contributed by atoms with Crippen molar-refractivity contribution in [2.75, 3.05) is 5.32 Å². The number of para-hydroxylation sites is 1. The largest absolute Gasteiger partial charge is 0.456 e. The number of nitro groups is 1. The summed E-state index contributed by atoms with van der Waals surface area (Å²) in [6.45, 7) is 0. The van der Waals surface area contributed by atoms with Gasteiger partial charge in [0.05, 0.1) is 31.2 Å². The van der Waals surface area contributed by atoms with E-state index in [0.29, 0.717) is 22.8 Å². The number of carbonyl (C=O) groups excluding carboxylic acids is 1. The Hall–Kier alpha value is -2.80. The predicted octanol–water partition coefficient (Wildman–Crippen LogP) is 6.47. The van der Waals surface area contributed by atoms with Crippen LogP contribution in [0.2, 0.25) is 15.1 Å². The number of rotatable bonds is 5. The third-order valence-corrected chi connectivity index (χ3v) is 4.69. The Kier molecular flexibility index (Phi) is 6.04. The van der Waals surface area contributed by atoms with Crippen molar-refractivity contribution in [3.8, 4) is 11.3 Å². The van der Waals surface area contributed by atoms with Crippen LogP contribution in [0.3, 0.4) is 0 Å². The highest BCUT2D eigenvalue weighted by Gasteiger charge is 2.16. The number of hydrogen-bond acceptors (Lipinski definition) is 4. The summed E-state index contributed by atoms with van der Waals surface area (Å²) in [5.74, 6) is 0.201. The van der Waals surface area contributed by atoms with Crippen molar-refractivity contribution < 1.29 is 14.1 Å². The van der Waals surface area contributed by atoms with Gasteiger partial charge in [-0.3, -0.25) is 14.9 Å². The zero-order valence-corrected chi connectivity index (χ0v) is 16.3. The molecule has 0 saturated heterocycles. The third kappa shape index (κ3) is 4.54. The van der Waals surface area contributed by atoms with E-state index in [1.54, 1.807) is 30.3 Å². The van der Waals surface area contributed by atoms with Crippen molar-refractivity contribution in [2.45, 2.75) is 0 Å². The number of nitrogens with one attached hydrogen (secondary N) is 1. The van der Waals surface area contributed by atoms with Gasteiger partial charge in [-0.05, 0) is 36.4 Å². The summed E-state index contributed by atoms with van der Waals surface area (Å²) in [5.41, 5.74) is 0.587. The summed E-state index contributed by atoms with van der Waals surface area (Å²) in [4.78, 5) is 22.7. The van der Waals surface area contributed by atoms with Crippen LogP contribution in [-0.2, 0) is 4.79 Å². The fraction of sp³-hybridized carbons (Fsp3) is 0. The minimum absolute atomic E-state index is 0.0700. The molecule has 1 amide bonds. The van der Waals surface area contributed by atoms with Crippen LogP contribution in [0.4, 0.5) is 11.4 Å². The van der Waals surface area contributed by atoms with Gasteiger partial charge in [-0.1, -0.05) is 46.9 Å². The number of nitrogens with zero attached hydrogens (tertiary/aromatic N) is 1. The van der Waals surface area contributed by atoms with E-state index in [1.165, 1.54) is 30.4 Å². The van der Waals surface area contributed by atoms with Crippen molar-refractivity contribution in [1.82, 2.24) is 0 Å². The summed E-state index contributed by atoms with van der Waals surface area (Å²) in [7, 11) is 0. The Morgan fingerprint density at radius 3 is 2.50 bits per heavy atom. The first-order chi connectivity index (χ1) is 13.3. The SMILES string of the molecule is O=C(/C=C/c1ccc(-c2ccccc2[N+](=O)[O-])o1)Nc1cc(Cl)c(Cl)cc1Cl. The molecular weight excluding hydrogens is 427 g/mol. The molecule has 0 unspecified atom stereocenters. The molecule has 0 atom stereocenters. The van der Waals surface area contributed by atoms with E-state index in [-0.39, 0.29) is 20.8 Å². The van der Waals surface area contributed by atoms with Gasteiger partial charge in [0, 0.05) is 12.1 Å². The highest BCUT2D eigenvalue weighted by molar-refractivity contribution is 6.44. The second-order valence-corrected chi connectivity index (χ2v) is 6.77. The first kappa shape index (κ1) is 19.9. The molecule has 142 valence electrons. The van der Waals surface area contributed by atoms with Crippen LogP contribution < -0.4 is 5.32 Å². The lowest BCUT2D eigenvalue weighted by atomic mass is 10.1. The smallest absolute Gasteiger partial charge is 0.280 e. The molecule has 1 aromatic heterocycles. The Morgan fingerprint density at radius 1 is 1.04 bits per heavy atom. The summed E-state index contributed by atoms with van der Waals surface area (Å²) >= 11 is 17.8. The van der Waals surface area contributed by atoms with E-state index >= 15 is 0 Å². The molecule has 3 rings (SSSR count). The van der Waals surface area contributed by atoms with Crippen LogP contribution in [0.25, 0.3) is 17.4 Å². The van der Waals surface area contributed by atoms with Crippen LogP contribution >= 0.6 is 34.8 Å². The lowest BCUT2D eigenvalue weighted by Crippen LogP contribution is -2.08. The highest BCUT2D eigenvalue weighted by Crippen LogP contribution is 2.33. The number of nitro benzene ring substituents is 1. The first-order valence-corrected chi connectivity index (χ1v) is 8.96. The minimum Gasteiger partial charge on any atom is -0.456 e. The van der Waals surface area contributed by atoms with Gasteiger partial charge in [-0.25, -0.2) is 0 Å². The molecule has 28 heavy (non-hydrogen) atoms. The van der Waals surface area contributed by atoms with Gasteiger partial charge in [0.2, 0.25) is 5.91 Å². The normalized spacial score (nSPS) is 11.0. The molecule has 0 spiro atoms. The Labute approximate surface area is 174 Å². The van der Waals surface area contributed by atoms with Gasteiger partial charge in [-0.2, -0.15) is 0 Å².